The van der Waals surface area contributed by atoms with E-state index in [0.29, 0.717) is 31.7 Å². The second-order valence-corrected chi connectivity index (χ2v) is 9.31. The molecule has 1 aliphatic carbocycles. The van der Waals surface area contributed by atoms with E-state index in [4.69, 9.17) is 4.74 Å². The van der Waals surface area contributed by atoms with Crippen LogP contribution in [-0.4, -0.2) is 49.3 Å². The normalized spacial score (nSPS) is 22.0. The molecule has 2 fully saturated rings. The van der Waals surface area contributed by atoms with Gasteiger partial charge in [-0.1, -0.05) is 38.2 Å². The SMILES string of the molecule is CN1C(=O)C2(CCOCC2)c2ccc(NC(=O)C(NC(=O)O)C3CCCCCCC3)cc21. The van der Waals surface area contributed by atoms with E-state index in [-0.39, 0.29) is 17.7 Å². The van der Waals surface area contributed by atoms with E-state index in [1.165, 1.54) is 6.42 Å². The standard InChI is InChI=1S/C24H33N3O5/c1-27-19-15-17(9-10-18(19)24(22(27)29)11-13-32-14-12-24)25-21(28)20(26-23(30)31)16-7-5-3-2-4-6-8-16/h9-10,15-16,20,26H,2-8,11-14H2,1H3,(H,25,28)(H,30,31). The van der Waals surface area contributed by atoms with Gasteiger partial charge in [-0.15, -0.1) is 0 Å². The van der Waals surface area contributed by atoms with E-state index in [9.17, 15) is 19.5 Å². The van der Waals surface area contributed by atoms with Crippen LogP contribution in [0.4, 0.5) is 16.2 Å². The molecule has 174 valence electrons. The van der Waals surface area contributed by atoms with Crippen LogP contribution >= 0.6 is 0 Å². The highest BCUT2D eigenvalue weighted by Crippen LogP contribution is 2.47. The van der Waals surface area contributed by atoms with Crippen LogP contribution in [0.3, 0.4) is 0 Å². The van der Waals surface area contributed by atoms with Gasteiger partial charge in [-0.2, -0.15) is 0 Å². The van der Waals surface area contributed by atoms with Gasteiger partial charge in [-0.25, -0.2) is 4.79 Å². The van der Waals surface area contributed by atoms with Crippen molar-refractivity contribution in [3.05, 3.63) is 23.8 Å². The van der Waals surface area contributed by atoms with Crippen LogP contribution in [0.15, 0.2) is 18.2 Å². The van der Waals surface area contributed by atoms with Crippen LogP contribution < -0.4 is 15.5 Å². The lowest BCUT2D eigenvalue weighted by molar-refractivity contribution is -0.126. The topological polar surface area (TPSA) is 108 Å². The van der Waals surface area contributed by atoms with Gasteiger partial charge in [0.25, 0.3) is 0 Å². The van der Waals surface area contributed by atoms with Crippen LogP contribution in [0.1, 0.15) is 63.4 Å². The maximum atomic E-state index is 13.2. The molecule has 32 heavy (non-hydrogen) atoms. The second kappa shape index (κ2) is 9.48. The molecular formula is C24H33N3O5. The van der Waals surface area contributed by atoms with Crippen LogP contribution in [0, 0.1) is 5.92 Å². The van der Waals surface area contributed by atoms with Crippen LogP contribution in [0.25, 0.3) is 0 Å². The van der Waals surface area contributed by atoms with Gasteiger partial charge in [0.05, 0.1) is 5.41 Å². The lowest BCUT2D eigenvalue weighted by atomic mass is 9.75. The van der Waals surface area contributed by atoms with Gasteiger partial charge >= 0.3 is 6.09 Å². The van der Waals surface area contributed by atoms with Crippen molar-refractivity contribution < 1.29 is 24.2 Å². The number of nitrogens with one attached hydrogen (secondary N) is 2. The molecule has 4 rings (SSSR count). The van der Waals surface area contributed by atoms with E-state index >= 15 is 0 Å². The van der Waals surface area contributed by atoms with Crippen molar-refractivity contribution in [2.45, 2.75) is 69.2 Å². The Morgan fingerprint density at radius 3 is 2.44 bits per heavy atom. The number of amides is 3. The summed E-state index contributed by atoms with van der Waals surface area (Å²) >= 11 is 0. The minimum Gasteiger partial charge on any atom is -0.465 e. The van der Waals surface area contributed by atoms with E-state index < -0.39 is 17.6 Å². The van der Waals surface area contributed by atoms with Crippen LogP contribution in [0.2, 0.25) is 0 Å². The van der Waals surface area contributed by atoms with E-state index in [1.807, 2.05) is 18.2 Å². The first-order valence-electron chi connectivity index (χ1n) is 11.7. The summed E-state index contributed by atoms with van der Waals surface area (Å²) in [6.07, 6.45) is 7.25. The van der Waals surface area contributed by atoms with Crippen LogP contribution in [-0.2, 0) is 19.7 Å². The van der Waals surface area contributed by atoms with Gasteiger partial charge in [-0.05, 0) is 49.3 Å². The highest BCUT2D eigenvalue weighted by molar-refractivity contribution is 6.09. The molecule has 8 nitrogen and oxygen atoms in total. The Balaban J connectivity index is 1.54. The highest BCUT2D eigenvalue weighted by Gasteiger charge is 2.50. The van der Waals surface area contributed by atoms with Gasteiger partial charge in [-0.3, -0.25) is 9.59 Å². The number of likely N-dealkylation sites (N-methyl/N-ethyl adjacent to an activating group) is 1. The first-order chi connectivity index (χ1) is 15.4. The molecule has 1 aromatic rings. The number of benzene rings is 1. The fourth-order valence-corrected chi connectivity index (χ4v) is 5.61. The van der Waals surface area contributed by atoms with Gasteiger partial charge in [0.2, 0.25) is 11.8 Å². The van der Waals surface area contributed by atoms with Gasteiger partial charge in [0.15, 0.2) is 0 Å². The Kier molecular flexibility index (Phi) is 6.69. The zero-order chi connectivity index (χ0) is 22.7. The first-order valence-corrected chi connectivity index (χ1v) is 11.7. The summed E-state index contributed by atoms with van der Waals surface area (Å²) in [6, 6.07) is 4.77. The lowest BCUT2D eigenvalue weighted by Crippen LogP contribution is -2.48. The van der Waals surface area contributed by atoms with E-state index in [2.05, 4.69) is 10.6 Å². The molecule has 8 heteroatoms. The average Bonchev–Trinajstić information content (AvgIpc) is 2.94. The molecule has 0 aromatic heterocycles. The molecule has 2 aliphatic heterocycles. The first kappa shape index (κ1) is 22.6. The van der Waals surface area contributed by atoms with Gasteiger partial charge in [0, 0.05) is 31.6 Å². The number of ether oxygens (including phenoxy) is 1. The van der Waals surface area contributed by atoms with Crippen molar-refractivity contribution in [1.29, 1.82) is 0 Å². The Morgan fingerprint density at radius 1 is 1.12 bits per heavy atom. The molecule has 1 saturated heterocycles. The number of hydrogen-bond acceptors (Lipinski definition) is 4. The number of fused-ring (bicyclic) bond motifs is 2. The summed E-state index contributed by atoms with van der Waals surface area (Å²) in [5.41, 5.74) is 1.80. The predicted octanol–water partition coefficient (Wildman–Crippen LogP) is 3.65. The van der Waals surface area contributed by atoms with Crippen molar-refractivity contribution in [3.8, 4) is 0 Å². The number of carbonyl (C=O) groups is 3. The second-order valence-electron chi connectivity index (χ2n) is 9.31. The molecule has 3 N–H and O–H groups in total. The zero-order valence-electron chi connectivity index (χ0n) is 18.7. The summed E-state index contributed by atoms with van der Waals surface area (Å²) in [5.74, 6) is -0.291. The van der Waals surface area contributed by atoms with Crippen LogP contribution in [0.5, 0.6) is 0 Å². The minimum atomic E-state index is -1.19. The number of nitrogens with zero attached hydrogens (tertiary/aromatic N) is 1. The third-order valence-electron chi connectivity index (χ3n) is 7.39. The predicted molar refractivity (Wildman–Crippen MR) is 121 cm³/mol. The zero-order valence-corrected chi connectivity index (χ0v) is 18.7. The lowest BCUT2D eigenvalue weighted by Gasteiger charge is -2.32. The maximum Gasteiger partial charge on any atom is 0.405 e. The van der Waals surface area contributed by atoms with Gasteiger partial charge in [0.1, 0.15) is 6.04 Å². The molecule has 1 unspecified atom stereocenters. The Labute approximate surface area is 188 Å². The van der Waals surface area contributed by atoms with Crippen molar-refractivity contribution >= 4 is 29.3 Å². The molecule has 2 heterocycles. The molecule has 0 radical (unpaired) electrons. The van der Waals surface area contributed by atoms with Crippen molar-refractivity contribution in [3.63, 3.8) is 0 Å². The number of carbonyl (C=O) groups excluding carboxylic acids is 2. The summed E-state index contributed by atoms with van der Waals surface area (Å²) in [7, 11) is 1.76. The Bertz CT molecular complexity index is 872. The molecule has 0 bridgehead atoms. The molecule has 1 aromatic carbocycles. The van der Waals surface area contributed by atoms with Crippen molar-refractivity contribution in [1.82, 2.24) is 5.32 Å². The van der Waals surface area contributed by atoms with E-state index in [0.717, 1.165) is 49.8 Å². The maximum absolute atomic E-state index is 13.2. The molecule has 1 saturated carbocycles. The monoisotopic (exact) mass is 443 g/mol. The quantitative estimate of drug-likeness (QED) is 0.658. The average molecular weight is 444 g/mol. The molecule has 1 atom stereocenters. The van der Waals surface area contributed by atoms with Gasteiger partial charge < -0.3 is 25.4 Å². The molecular weight excluding hydrogens is 410 g/mol. The highest BCUT2D eigenvalue weighted by atomic mass is 16.5. The Hall–Kier alpha value is -2.61. The molecule has 3 aliphatic rings. The molecule has 3 amide bonds. The van der Waals surface area contributed by atoms with E-state index in [1.54, 1.807) is 11.9 Å². The number of carboxylic acid groups (broad SMARTS) is 1. The Morgan fingerprint density at radius 2 is 1.78 bits per heavy atom. The minimum absolute atomic E-state index is 0.0180. The fraction of sp³-hybridized carbons (Fsp3) is 0.625. The number of rotatable bonds is 4. The number of hydrogen-bond donors (Lipinski definition) is 3. The summed E-state index contributed by atoms with van der Waals surface area (Å²) < 4.78 is 5.48. The summed E-state index contributed by atoms with van der Waals surface area (Å²) in [4.78, 5) is 39.3. The smallest absolute Gasteiger partial charge is 0.405 e. The molecule has 1 spiro atoms. The third-order valence-corrected chi connectivity index (χ3v) is 7.39. The largest absolute Gasteiger partial charge is 0.465 e. The fourth-order valence-electron chi connectivity index (χ4n) is 5.61. The van der Waals surface area contributed by atoms with Crippen molar-refractivity contribution in [2.75, 3.05) is 30.5 Å². The van der Waals surface area contributed by atoms with Crippen molar-refractivity contribution in [2.24, 2.45) is 5.92 Å². The summed E-state index contributed by atoms with van der Waals surface area (Å²) in [5, 5.41) is 14.7. The summed E-state index contributed by atoms with van der Waals surface area (Å²) in [6.45, 7) is 1.11. The number of anilines is 2. The third kappa shape index (κ3) is 4.33.